The highest BCUT2D eigenvalue weighted by molar-refractivity contribution is 5.65. The Morgan fingerprint density at radius 2 is 2.43 bits per heavy atom. The molecule has 0 amide bonds. The van der Waals surface area contributed by atoms with Crippen molar-refractivity contribution >= 4 is 11.5 Å². The zero-order valence-corrected chi connectivity index (χ0v) is 11.8. The highest BCUT2D eigenvalue weighted by atomic mass is 16.6. The standard InChI is InChI=1S/C13H16N4O4/c1-13(2)8-16(6-10(7-18)21-13)12-11(17(19)20)9(5-14)3-4-15-12/h3-4,10,18H,6-8H2,1-2H3. The molecule has 0 aliphatic carbocycles. The first kappa shape index (κ1) is 15.2. The number of ether oxygens (including phenoxy) is 1. The highest BCUT2D eigenvalue weighted by Crippen LogP contribution is 2.33. The summed E-state index contributed by atoms with van der Waals surface area (Å²) in [6.45, 7) is 4.14. The van der Waals surface area contributed by atoms with E-state index in [1.165, 1.54) is 12.3 Å². The number of rotatable bonds is 3. The Hall–Kier alpha value is -2.24. The van der Waals surface area contributed by atoms with E-state index in [1.807, 2.05) is 19.9 Å². The van der Waals surface area contributed by atoms with Gasteiger partial charge in [0.25, 0.3) is 0 Å². The van der Waals surface area contributed by atoms with Gasteiger partial charge in [-0.1, -0.05) is 0 Å². The Morgan fingerprint density at radius 1 is 1.71 bits per heavy atom. The summed E-state index contributed by atoms with van der Waals surface area (Å²) < 4.78 is 5.68. The number of aliphatic hydroxyl groups excluding tert-OH is 1. The Balaban J connectivity index is 2.46. The van der Waals surface area contributed by atoms with Crippen molar-refractivity contribution in [3.05, 3.63) is 27.9 Å². The monoisotopic (exact) mass is 292 g/mol. The topological polar surface area (TPSA) is 113 Å². The van der Waals surface area contributed by atoms with Crippen LogP contribution < -0.4 is 4.90 Å². The Kier molecular flexibility index (Phi) is 4.06. The molecule has 2 heterocycles. The number of morpholine rings is 1. The van der Waals surface area contributed by atoms with Crippen LogP contribution in [-0.4, -0.2) is 46.4 Å². The summed E-state index contributed by atoms with van der Waals surface area (Å²) in [6.07, 6.45) is 0.915. The lowest BCUT2D eigenvalue weighted by atomic mass is 10.0. The molecular formula is C13H16N4O4. The number of hydrogen-bond acceptors (Lipinski definition) is 7. The van der Waals surface area contributed by atoms with Gasteiger partial charge in [0.05, 0.1) is 23.2 Å². The van der Waals surface area contributed by atoms with Gasteiger partial charge < -0.3 is 14.7 Å². The summed E-state index contributed by atoms with van der Waals surface area (Å²) >= 11 is 0. The van der Waals surface area contributed by atoms with Crippen molar-refractivity contribution < 1.29 is 14.8 Å². The minimum absolute atomic E-state index is 0.0325. The van der Waals surface area contributed by atoms with Crippen molar-refractivity contribution in [3.8, 4) is 6.07 Å². The second-order valence-corrected chi connectivity index (χ2v) is 5.46. The highest BCUT2D eigenvalue weighted by Gasteiger charge is 2.37. The van der Waals surface area contributed by atoms with Crippen LogP contribution in [0, 0.1) is 21.4 Å². The molecule has 8 nitrogen and oxygen atoms in total. The van der Waals surface area contributed by atoms with Gasteiger partial charge in [-0.25, -0.2) is 4.98 Å². The van der Waals surface area contributed by atoms with Crippen LogP contribution >= 0.6 is 0 Å². The van der Waals surface area contributed by atoms with Crippen LogP contribution in [0.15, 0.2) is 12.3 Å². The van der Waals surface area contributed by atoms with Gasteiger partial charge in [-0.2, -0.15) is 5.26 Å². The normalized spacial score (nSPS) is 20.9. The lowest BCUT2D eigenvalue weighted by Crippen LogP contribution is -2.54. The van der Waals surface area contributed by atoms with E-state index >= 15 is 0 Å². The second kappa shape index (κ2) is 5.63. The fourth-order valence-corrected chi connectivity index (χ4v) is 2.50. The molecule has 1 aliphatic heterocycles. The third kappa shape index (κ3) is 3.09. The van der Waals surface area contributed by atoms with Gasteiger partial charge in [-0.05, 0) is 19.9 Å². The lowest BCUT2D eigenvalue weighted by Gasteiger charge is -2.42. The zero-order valence-electron chi connectivity index (χ0n) is 11.8. The van der Waals surface area contributed by atoms with E-state index in [0.29, 0.717) is 6.54 Å². The molecule has 1 unspecified atom stereocenters. The quantitative estimate of drug-likeness (QED) is 0.648. The van der Waals surface area contributed by atoms with Crippen LogP contribution in [0.4, 0.5) is 11.5 Å². The SMILES string of the molecule is CC1(C)CN(c2nccc(C#N)c2[N+](=O)[O-])CC(CO)O1. The van der Waals surface area contributed by atoms with E-state index < -0.39 is 16.6 Å². The molecule has 1 aliphatic rings. The first-order valence-corrected chi connectivity index (χ1v) is 6.45. The van der Waals surface area contributed by atoms with Gasteiger partial charge in [0, 0.05) is 19.3 Å². The first-order chi connectivity index (χ1) is 9.88. The van der Waals surface area contributed by atoms with Gasteiger partial charge >= 0.3 is 5.69 Å². The molecule has 112 valence electrons. The Labute approximate surface area is 121 Å². The molecule has 0 spiro atoms. The maximum atomic E-state index is 11.3. The maximum Gasteiger partial charge on any atom is 0.329 e. The number of nitro groups is 1. The number of hydrogen-bond donors (Lipinski definition) is 1. The minimum Gasteiger partial charge on any atom is -0.394 e. The summed E-state index contributed by atoms with van der Waals surface area (Å²) in [5.41, 5.74) is -0.923. The van der Waals surface area contributed by atoms with Crippen molar-refractivity contribution in [2.75, 3.05) is 24.6 Å². The molecule has 1 aromatic rings. The van der Waals surface area contributed by atoms with Crippen LogP contribution in [0.3, 0.4) is 0 Å². The second-order valence-electron chi connectivity index (χ2n) is 5.46. The van der Waals surface area contributed by atoms with E-state index in [4.69, 9.17) is 10.00 Å². The number of anilines is 1. The van der Waals surface area contributed by atoms with Gasteiger partial charge in [-0.15, -0.1) is 0 Å². The third-order valence-corrected chi connectivity index (χ3v) is 3.19. The van der Waals surface area contributed by atoms with Gasteiger partial charge in [0.1, 0.15) is 11.6 Å². The zero-order chi connectivity index (χ0) is 15.6. The van der Waals surface area contributed by atoms with Crippen molar-refractivity contribution in [2.45, 2.75) is 25.6 Å². The van der Waals surface area contributed by atoms with Crippen molar-refractivity contribution in [3.63, 3.8) is 0 Å². The molecule has 1 saturated heterocycles. The molecule has 0 bridgehead atoms. The van der Waals surface area contributed by atoms with Crippen LogP contribution in [-0.2, 0) is 4.74 Å². The van der Waals surface area contributed by atoms with Gasteiger partial charge in [-0.3, -0.25) is 10.1 Å². The van der Waals surface area contributed by atoms with Crippen LogP contribution in [0.1, 0.15) is 19.4 Å². The molecule has 21 heavy (non-hydrogen) atoms. The predicted molar refractivity (Wildman–Crippen MR) is 73.9 cm³/mol. The van der Waals surface area contributed by atoms with Crippen LogP contribution in [0.2, 0.25) is 0 Å². The molecule has 1 N–H and O–H groups in total. The van der Waals surface area contributed by atoms with Crippen LogP contribution in [0.25, 0.3) is 0 Å². The minimum atomic E-state index is -0.600. The lowest BCUT2D eigenvalue weighted by molar-refractivity contribution is -0.384. The maximum absolute atomic E-state index is 11.3. The van der Waals surface area contributed by atoms with Gasteiger partial charge in [0.15, 0.2) is 0 Å². The summed E-state index contributed by atoms with van der Waals surface area (Å²) in [5.74, 6) is 0.133. The third-order valence-electron chi connectivity index (χ3n) is 3.19. The summed E-state index contributed by atoms with van der Waals surface area (Å²) in [6, 6.07) is 3.13. The van der Waals surface area contributed by atoms with E-state index in [0.717, 1.165) is 0 Å². The molecule has 2 rings (SSSR count). The molecule has 1 aromatic heterocycles. The summed E-state index contributed by atoms with van der Waals surface area (Å²) in [7, 11) is 0. The number of aromatic nitrogens is 1. The number of nitriles is 1. The van der Waals surface area contributed by atoms with Crippen molar-refractivity contribution in [1.29, 1.82) is 5.26 Å². The molecule has 0 saturated carbocycles. The summed E-state index contributed by atoms with van der Waals surface area (Å²) in [4.78, 5) is 16.4. The summed E-state index contributed by atoms with van der Waals surface area (Å²) in [5, 5.41) is 29.6. The smallest absolute Gasteiger partial charge is 0.329 e. The van der Waals surface area contributed by atoms with Crippen LogP contribution in [0.5, 0.6) is 0 Å². The molecule has 0 radical (unpaired) electrons. The molecule has 1 atom stereocenters. The number of pyridine rings is 1. The molecule has 8 heteroatoms. The van der Waals surface area contributed by atoms with Crippen molar-refractivity contribution in [2.24, 2.45) is 0 Å². The molecular weight excluding hydrogens is 276 g/mol. The fraction of sp³-hybridized carbons (Fsp3) is 0.538. The average Bonchev–Trinajstić information content (AvgIpc) is 2.44. The van der Waals surface area contributed by atoms with E-state index in [1.54, 1.807) is 4.90 Å². The van der Waals surface area contributed by atoms with Gasteiger partial charge in [0.2, 0.25) is 5.82 Å². The number of aliphatic hydroxyl groups is 1. The average molecular weight is 292 g/mol. The first-order valence-electron chi connectivity index (χ1n) is 6.45. The fourth-order valence-electron chi connectivity index (χ4n) is 2.50. The number of nitrogens with zero attached hydrogens (tertiary/aromatic N) is 4. The van der Waals surface area contributed by atoms with E-state index in [-0.39, 0.29) is 30.2 Å². The van der Waals surface area contributed by atoms with E-state index in [2.05, 4.69) is 4.98 Å². The predicted octanol–water partition coefficient (Wildman–Crippen LogP) is 0.838. The van der Waals surface area contributed by atoms with E-state index in [9.17, 15) is 15.2 Å². The Morgan fingerprint density at radius 3 is 3.00 bits per heavy atom. The molecule has 0 aromatic carbocycles. The molecule has 1 fully saturated rings. The Bertz CT molecular complexity index is 596. The van der Waals surface area contributed by atoms with Crippen molar-refractivity contribution in [1.82, 2.24) is 4.98 Å². The largest absolute Gasteiger partial charge is 0.394 e.